The lowest BCUT2D eigenvalue weighted by Gasteiger charge is -2.07. The maximum atomic E-state index is 5.29. The predicted octanol–water partition coefficient (Wildman–Crippen LogP) is 4.03. The molecule has 0 saturated heterocycles. The Labute approximate surface area is 129 Å². The highest BCUT2D eigenvalue weighted by molar-refractivity contribution is 9.10. The van der Waals surface area contributed by atoms with Gasteiger partial charge in [-0.05, 0) is 27.6 Å². The molecule has 0 spiro atoms. The third-order valence-corrected chi connectivity index (χ3v) is 4.03. The molecule has 0 aliphatic rings. The van der Waals surface area contributed by atoms with Crippen molar-refractivity contribution in [3.8, 4) is 22.9 Å². The normalized spacial score (nSPS) is 10.4. The van der Waals surface area contributed by atoms with E-state index in [2.05, 4.69) is 35.9 Å². The second-order valence-corrected chi connectivity index (χ2v) is 5.20. The molecule has 2 heterocycles. The van der Waals surface area contributed by atoms with Crippen LogP contribution >= 0.6 is 28.1 Å². The first-order valence-corrected chi connectivity index (χ1v) is 7.08. The van der Waals surface area contributed by atoms with Gasteiger partial charge in [0.25, 0.3) is 0 Å². The van der Waals surface area contributed by atoms with Crippen molar-refractivity contribution in [1.29, 1.82) is 0 Å². The Balaban J connectivity index is 2.22. The van der Waals surface area contributed by atoms with E-state index in [0.717, 1.165) is 15.7 Å². The van der Waals surface area contributed by atoms with Crippen molar-refractivity contribution in [2.24, 2.45) is 0 Å². The molecule has 0 unspecified atom stereocenters. The lowest BCUT2D eigenvalue weighted by atomic mass is 10.1. The van der Waals surface area contributed by atoms with E-state index < -0.39 is 0 Å². The largest absolute Gasteiger partial charge is 0.336 e. The highest BCUT2D eigenvalue weighted by Gasteiger charge is 2.10. The summed E-state index contributed by atoms with van der Waals surface area (Å²) >= 11 is 8.78. The summed E-state index contributed by atoms with van der Waals surface area (Å²) in [6.07, 6.45) is 3.34. The van der Waals surface area contributed by atoms with Crippen LogP contribution in [0.25, 0.3) is 22.9 Å². The van der Waals surface area contributed by atoms with Crippen molar-refractivity contribution >= 4 is 28.1 Å². The molecule has 0 fully saturated rings. The molecule has 98 valence electrons. The van der Waals surface area contributed by atoms with Gasteiger partial charge >= 0.3 is 0 Å². The Morgan fingerprint density at radius 3 is 2.40 bits per heavy atom. The Morgan fingerprint density at radius 1 is 1.00 bits per heavy atom. The zero-order chi connectivity index (χ0) is 13.9. The fourth-order valence-electron chi connectivity index (χ4n) is 1.79. The molecule has 0 aliphatic heterocycles. The molecule has 1 aromatic carbocycles. The zero-order valence-electron chi connectivity index (χ0n) is 10.2. The Kier molecular flexibility index (Phi) is 3.66. The third-order valence-electron chi connectivity index (χ3n) is 2.70. The Bertz CT molecular complexity index is 787. The van der Waals surface area contributed by atoms with Crippen molar-refractivity contribution in [3.63, 3.8) is 0 Å². The van der Waals surface area contributed by atoms with Gasteiger partial charge in [-0.3, -0.25) is 0 Å². The summed E-state index contributed by atoms with van der Waals surface area (Å²) in [5.74, 6) is 1.07. The fraction of sp³-hybridized carbons (Fsp3) is 0. The number of nitrogens with one attached hydrogen (secondary N) is 1. The molecule has 3 aromatic rings. The van der Waals surface area contributed by atoms with E-state index in [4.69, 9.17) is 12.2 Å². The number of aromatic amines is 1. The third kappa shape index (κ3) is 2.52. The van der Waals surface area contributed by atoms with Crippen LogP contribution < -0.4 is 0 Å². The smallest absolute Gasteiger partial charge is 0.195 e. The molecule has 0 radical (unpaired) electrons. The summed E-state index contributed by atoms with van der Waals surface area (Å²) in [5, 5.41) is 0. The second-order valence-electron chi connectivity index (χ2n) is 4.02. The van der Waals surface area contributed by atoms with E-state index in [1.54, 1.807) is 18.5 Å². The average molecular weight is 345 g/mol. The van der Waals surface area contributed by atoms with Gasteiger partial charge in [0, 0.05) is 12.4 Å². The summed E-state index contributed by atoms with van der Waals surface area (Å²) in [6, 6.07) is 11.7. The van der Waals surface area contributed by atoms with Gasteiger partial charge in [0.2, 0.25) is 0 Å². The van der Waals surface area contributed by atoms with Gasteiger partial charge < -0.3 is 4.98 Å². The molecular weight excluding hydrogens is 336 g/mol. The van der Waals surface area contributed by atoms with Gasteiger partial charge in [0.15, 0.2) is 11.6 Å². The monoisotopic (exact) mass is 344 g/mol. The zero-order valence-corrected chi connectivity index (χ0v) is 12.6. The number of aromatic nitrogens is 4. The number of rotatable bonds is 2. The number of H-pyrrole nitrogens is 1. The molecule has 0 saturated carbocycles. The molecule has 6 heteroatoms. The van der Waals surface area contributed by atoms with E-state index >= 15 is 0 Å². The summed E-state index contributed by atoms with van der Waals surface area (Å²) in [4.78, 5) is 15.9. The molecule has 0 amide bonds. The van der Waals surface area contributed by atoms with E-state index in [1.165, 1.54) is 0 Å². The molecule has 1 N–H and O–H groups in total. The van der Waals surface area contributed by atoms with Crippen LogP contribution in [-0.4, -0.2) is 19.9 Å². The molecule has 0 aliphatic carbocycles. The van der Waals surface area contributed by atoms with E-state index in [1.807, 2.05) is 30.3 Å². The number of hydrogen-bond donors (Lipinski definition) is 1. The molecular formula is C14H9BrN4S. The van der Waals surface area contributed by atoms with Crippen LogP contribution in [0.15, 0.2) is 53.3 Å². The molecule has 20 heavy (non-hydrogen) atoms. The quantitative estimate of drug-likeness (QED) is 0.713. The maximum absolute atomic E-state index is 5.29. The minimum atomic E-state index is 0.477. The standard InChI is InChI=1S/C14H9BrN4S/c15-10-11(9-5-2-1-3-6-9)18-13(19-14(10)20)12-16-7-4-8-17-12/h1-8H,(H,18,19,20). The van der Waals surface area contributed by atoms with Crippen LogP contribution in [0.1, 0.15) is 0 Å². The van der Waals surface area contributed by atoms with Crippen LogP contribution in [0.5, 0.6) is 0 Å². The van der Waals surface area contributed by atoms with E-state index in [9.17, 15) is 0 Å². The molecule has 4 nitrogen and oxygen atoms in total. The van der Waals surface area contributed by atoms with Gasteiger partial charge in [0.05, 0.1) is 10.2 Å². The summed E-state index contributed by atoms with van der Waals surface area (Å²) in [7, 11) is 0. The van der Waals surface area contributed by atoms with Gasteiger partial charge in [-0.15, -0.1) is 0 Å². The minimum Gasteiger partial charge on any atom is -0.336 e. The molecule has 3 rings (SSSR count). The maximum Gasteiger partial charge on any atom is 0.195 e. The Morgan fingerprint density at radius 2 is 1.70 bits per heavy atom. The lowest BCUT2D eigenvalue weighted by Crippen LogP contribution is -1.98. The van der Waals surface area contributed by atoms with Crippen molar-refractivity contribution < 1.29 is 0 Å². The highest BCUT2D eigenvalue weighted by Crippen LogP contribution is 2.28. The van der Waals surface area contributed by atoms with E-state index in [-0.39, 0.29) is 0 Å². The first-order chi connectivity index (χ1) is 9.75. The van der Waals surface area contributed by atoms with Crippen molar-refractivity contribution in [2.45, 2.75) is 0 Å². The number of hydrogen-bond acceptors (Lipinski definition) is 4. The van der Waals surface area contributed by atoms with Crippen molar-refractivity contribution in [3.05, 3.63) is 57.9 Å². The van der Waals surface area contributed by atoms with Crippen LogP contribution in [-0.2, 0) is 0 Å². The highest BCUT2D eigenvalue weighted by atomic mass is 79.9. The summed E-state index contributed by atoms with van der Waals surface area (Å²) < 4.78 is 1.24. The first-order valence-electron chi connectivity index (χ1n) is 5.88. The van der Waals surface area contributed by atoms with Crippen molar-refractivity contribution in [1.82, 2.24) is 19.9 Å². The minimum absolute atomic E-state index is 0.477. The molecule has 0 atom stereocenters. The van der Waals surface area contributed by atoms with Gasteiger partial charge in [0.1, 0.15) is 4.64 Å². The Hall–Kier alpha value is -1.92. The van der Waals surface area contributed by atoms with Crippen LogP contribution in [0, 0.1) is 4.64 Å². The first kappa shape index (κ1) is 13.1. The summed E-state index contributed by atoms with van der Waals surface area (Å²) in [6.45, 7) is 0. The van der Waals surface area contributed by atoms with Gasteiger partial charge in [-0.25, -0.2) is 15.0 Å². The topological polar surface area (TPSA) is 54.5 Å². The number of benzene rings is 1. The van der Waals surface area contributed by atoms with E-state index in [0.29, 0.717) is 16.3 Å². The number of nitrogens with zero attached hydrogens (tertiary/aromatic N) is 3. The van der Waals surface area contributed by atoms with Crippen LogP contribution in [0.3, 0.4) is 0 Å². The number of halogens is 1. The van der Waals surface area contributed by atoms with Gasteiger partial charge in [-0.1, -0.05) is 42.5 Å². The SMILES string of the molecule is S=c1nc(-c2ncccn2)[nH]c(-c2ccccc2)c1Br. The average Bonchev–Trinajstić information content (AvgIpc) is 2.51. The predicted molar refractivity (Wildman–Crippen MR) is 83.6 cm³/mol. The molecule has 0 bridgehead atoms. The van der Waals surface area contributed by atoms with Crippen LogP contribution in [0.4, 0.5) is 0 Å². The second kappa shape index (κ2) is 5.60. The van der Waals surface area contributed by atoms with Crippen LogP contribution in [0.2, 0.25) is 0 Å². The fourth-order valence-corrected chi connectivity index (χ4v) is 2.40. The lowest BCUT2D eigenvalue weighted by molar-refractivity contribution is 1.07. The van der Waals surface area contributed by atoms with Gasteiger partial charge in [-0.2, -0.15) is 0 Å². The van der Waals surface area contributed by atoms with Crippen molar-refractivity contribution in [2.75, 3.05) is 0 Å². The molecule has 2 aromatic heterocycles. The summed E-state index contributed by atoms with van der Waals surface area (Å²) in [5.41, 5.74) is 1.89.